The van der Waals surface area contributed by atoms with E-state index in [1.54, 1.807) is 20.8 Å². The molecule has 8 aliphatic carbocycles. The quantitative estimate of drug-likeness (QED) is 0.0813. The first-order chi connectivity index (χ1) is 27.8. The number of aliphatic hydroxyl groups excluding tert-OH is 1. The van der Waals surface area contributed by atoms with Crippen molar-refractivity contribution in [3.63, 3.8) is 0 Å². The van der Waals surface area contributed by atoms with Crippen LogP contribution in [0.2, 0.25) is 0 Å². The van der Waals surface area contributed by atoms with Crippen molar-refractivity contribution in [3.8, 4) is 0 Å². The van der Waals surface area contributed by atoms with Crippen LogP contribution in [0.1, 0.15) is 118 Å². The fourth-order valence-corrected chi connectivity index (χ4v) is 16.0. The molecule has 1 saturated heterocycles. The average Bonchev–Trinajstić information content (AvgIpc) is 3.96. The summed E-state index contributed by atoms with van der Waals surface area (Å²) in [6.07, 6.45) is -6.20. The van der Waals surface area contributed by atoms with Crippen LogP contribution in [0, 0.1) is 99.6 Å². The summed E-state index contributed by atoms with van der Waals surface area (Å²) in [5, 5.41) is 19.9. The van der Waals surface area contributed by atoms with E-state index in [9.17, 15) is 50.9 Å². The maximum absolute atomic E-state index is 15.3. The molecule has 9 fully saturated rings. The molecule has 8 saturated carbocycles. The number of carbonyl (C=O) groups excluding carboxylic acids is 4. The lowest BCUT2D eigenvalue weighted by Crippen LogP contribution is -2.59. The number of cyclic esters (lactones) is 2. The number of halogens is 6. The Balaban J connectivity index is 1.15. The molecular weight excluding hydrogens is 798 g/mol. The predicted octanol–water partition coefficient (Wildman–Crippen LogP) is 8.22. The zero-order chi connectivity index (χ0) is 43.7. The molecule has 13 unspecified atom stereocenters. The van der Waals surface area contributed by atoms with Gasteiger partial charge in [-0.05, 0) is 181 Å². The third-order valence-electron chi connectivity index (χ3n) is 18.6. The van der Waals surface area contributed by atoms with Gasteiger partial charge in [0.25, 0.3) is 5.60 Å². The number of fused-ring (bicyclic) bond motifs is 4. The van der Waals surface area contributed by atoms with E-state index >= 15 is 4.79 Å². The predicted molar refractivity (Wildman–Crippen MR) is 201 cm³/mol. The summed E-state index contributed by atoms with van der Waals surface area (Å²) in [6.45, 7) is 8.63. The van der Waals surface area contributed by atoms with Crippen LogP contribution < -0.4 is 0 Å². The third kappa shape index (κ3) is 6.84. The summed E-state index contributed by atoms with van der Waals surface area (Å²) in [6, 6.07) is 0. The number of esters is 4. The first-order valence-electron chi connectivity index (χ1n) is 22.5. The summed E-state index contributed by atoms with van der Waals surface area (Å²) in [7, 11) is 0. The molecule has 1 heterocycles. The largest absolute Gasteiger partial charge is 0.463 e. The fourth-order valence-electron chi connectivity index (χ4n) is 16.0. The molecule has 0 spiro atoms. The Kier molecular flexibility index (Phi) is 10.9. The van der Waals surface area contributed by atoms with E-state index < -0.39 is 101 Å². The number of rotatable bonds is 13. The van der Waals surface area contributed by atoms with E-state index in [-0.39, 0.29) is 73.7 Å². The van der Waals surface area contributed by atoms with Crippen LogP contribution in [0.25, 0.3) is 0 Å². The standard InChI is InChI=1S/C45H62F6O9/c1-21-27-16-28(18-43(57,44(46,47)48)45(49,50)51)31(17-27)33(21)34-32(36(53)59-37(34)54)19-40(3,38(55)60-42(5)29-11-23-10-24(13-29)14-30(42)12-23)20-41(4,39(56)58-9-8-52)35-22(2)25-6-7-26(35)15-25/h21-35,52,57H,6-20H2,1-5H3. The molecule has 15 heteroatoms. The summed E-state index contributed by atoms with van der Waals surface area (Å²) < 4.78 is 102. The van der Waals surface area contributed by atoms with Gasteiger partial charge in [-0.25, -0.2) is 0 Å². The molecule has 0 aromatic rings. The van der Waals surface area contributed by atoms with Crippen molar-refractivity contribution in [2.45, 2.75) is 142 Å². The first-order valence-corrected chi connectivity index (χ1v) is 22.5. The summed E-state index contributed by atoms with van der Waals surface area (Å²) in [5.74, 6) is -7.67. The van der Waals surface area contributed by atoms with Gasteiger partial charge in [-0.2, -0.15) is 26.3 Å². The van der Waals surface area contributed by atoms with Crippen LogP contribution in [0.3, 0.4) is 0 Å². The van der Waals surface area contributed by atoms with Gasteiger partial charge in [-0.3, -0.25) is 19.2 Å². The molecule has 13 atom stereocenters. The summed E-state index contributed by atoms with van der Waals surface area (Å²) >= 11 is 0. The number of hydrogen-bond acceptors (Lipinski definition) is 9. The Hall–Kier alpha value is -2.42. The molecule has 338 valence electrons. The van der Waals surface area contributed by atoms with Crippen molar-refractivity contribution in [2.75, 3.05) is 13.2 Å². The fraction of sp³-hybridized carbons (Fsp3) is 0.911. The highest BCUT2D eigenvalue weighted by atomic mass is 19.4. The molecule has 9 nitrogen and oxygen atoms in total. The topological polar surface area (TPSA) is 136 Å². The van der Waals surface area contributed by atoms with Gasteiger partial charge in [0.15, 0.2) is 0 Å². The average molecular weight is 861 g/mol. The minimum absolute atomic E-state index is 0.0140. The Bertz CT molecular complexity index is 1690. The van der Waals surface area contributed by atoms with Crippen molar-refractivity contribution >= 4 is 23.9 Å². The SMILES string of the molecule is CC1C2CC(CC(O)(C(F)(F)F)C(F)(F)F)C(C2)C1C1C(=O)OC(=O)C1CC(C)(CC(C)(C(=O)OCCO)C1C2CCC(C2)C1C)C(=O)OC1(C)C2CC3CC(C2)CC1C3. The Morgan fingerprint density at radius 1 is 0.783 bits per heavy atom. The maximum atomic E-state index is 15.3. The lowest BCUT2D eigenvalue weighted by atomic mass is 9.50. The molecule has 60 heavy (non-hydrogen) atoms. The van der Waals surface area contributed by atoms with E-state index in [1.165, 1.54) is 0 Å². The molecule has 0 aromatic heterocycles. The van der Waals surface area contributed by atoms with E-state index in [4.69, 9.17) is 14.2 Å². The number of carbonyl (C=O) groups is 4. The second kappa shape index (κ2) is 14.8. The number of aliphatic hydroxyl groups is 2. The van der Waals surface area contributed by atoms with E-state index in [0.29, 0.717) is 17.8 Å². The van der Waals surface area contributed by atoms with Crippen molar-refractivity contribution in [1.29, 1.82) is 0 Å². The van der Waals surface area contributed by atoms with Crippen LogP contribution in [0.4, 0.5) is 26.3 Å². The number of ether oxygens (including phenoxy) is 3. The van der Waals surface area contributed by atoms with Crippen LogP contribution in [-0.2, 0) is 33.4 Å². The third-order valence-corrected chi connectivity index (χ3v) is 18.6. The van der Waals surface area contributed by atoms with Gasteiger partial charge in [0, 0.05) is 0 Å². The highest BCUT2D eigenvalue weighted by Crippen LogP contribution is 2.66. The van der Waals surface area contributed by atoms with Gasteiger partial charge in [0.05, 0.1) is 29.3 Å². The monoisotopic (exact) mass is 860 g/mol. The minimum atomic E-state index is -6.00. The van der Waals surface area contributed by atoms with Gasteiger partial charge < -0.3 is 24.4 Å². The summed E-state index contributed by atoms with van der Waals surface area (Å²) in [4.78, 5) is 57.6. The van der Waals surface area contributed by atoms with Crippen LogP contribution in [0.5, 0.6) is 0 Å². The van der Waals surface area contributed by atoms with Gasteiger partial charge in [-0.15, -0.1) is 0 Å². The van der Waals surface area contributed by atoms with Gasteiger partial charge in [-0.1, -0.05) is 13.8 Å². The Morgan fingerprint density at radius 3 is 1.92 bits per heavy atom. The van der Waals surface area contributed by atoms with Crippen molar-refractivity contribution in [3.05, 3.63) is 0 Å². The molecule has 1 aliphatic heterocycles. The number of hydrogen-bond donors (Lipinski definition) is 2. The second-order valence-corrected chi connectivity index (χ2v) is 21.8. The zero-order valence-electron chi connectivity index (χ0n) is 35.3. The van der Waals surface area contributed by atoms with E-state index in [1.807, 2.05) is 6.92 Å². The van der Waals surface area contributed by atoms with Gasteiger partial charge >= 0.3 is 36.2 Å². The van der Waals surface area contributed by atoms with Crippen LogP contribution in [-0.4, -0.2) is 70.9 Å². The van der Waals surface area contributed by atoms with Crippen molar-refractivity contribution in [1.82, 2.24) is 0 Å². The normalized spacial score (nSPS) is 43.9. The molecule has 2 N–H and O–H groups in total. The van der Waals surface area contributed by atoms with Crippen molar-refractivity contribution < 1.29 is 69.9 Å². The summed E-state index contributed by atoms with van der Waals surface area (Å²) in [5.41, 5.74) is -8.70. The Labute approximate surface area is 347 Å². The van der Waals surface area contributed by atoms with Crippen molar-refractivity contribution in [2.24, 2.45) is 99.6 Å². The molecule has 8 bridgehead atoms. The lowest BCUT2D eigenvalue weighted by molar-refractivity contribution is -0.373. The maximum Gasteiger partial charge on any atom is 0.426 e. The highest BCUT2D eigenvalue weighted by molar-refractivity contribution is 5.97. The van der Waals surface area contributed by atoms with E-state index in [0.717, 1.165) is 51.4 Å². The lowest BCUT2D eigenvalue weighted by Gasteiger charge is -2.59. The molecule has 0 radical (unpaired) electrons. The van der Waals surface area contributed by atoms with Gasteiger partial charge in [0.2, 0.25) is 0 Å². The Morgan fingerprint density at radius 2 is 1.38 bits per heavy atom. The molecule has 0 amide bonds. The smallest absolute Gasteiger partial charge is 0.426 e. The van der Waals surface area contributed by atoms with E-state index in [2.05, 4.69) is 6.92 Å². The zero-order valence-corrected chi connectivity index (χ0v) is 35.3. The highest BCUT2D eigenvalue weighted by Gasteiger charge is 2.73. The molecular formula is C45H62F6O9. The molecule has 0 aromatic carbocycles. The van der Waals surface area contributed by atoms with Crippen LogP contribution in [0.15, 0.2) is 0 Å². The van der Waals surface area contributed by atoms with Gasteiger partial charge in [0.1, 0.15) is 12.2 Å². The second-order valence-electron chi connectivity index (χ2n) is 21.8. The minimum Gasteiger partial charge on any atom is -0.463 e. The number of alkyl halides is 6. The molecule has 9 rings (SSSR count). The molecule has 9 aliphatic rings. The first kappa shape index (κ1) is 44.2. The van der Waals surface area contributed by atoms with Crippen LogP contribution >= 0.6 is 0 Å².